The fraction of sp³-hybridized carbons (Fsp3) is 0.0588. The molecule has 3 heteroatoms. The molecule has 0 spiro atoms. The Balaban J connectivity index is 1.30. The lowest BCUT2D eigenvalue weighted by molar-refractivity contribution is 0.632. The van der Waals surface area contributed by atoms with E-state index in [9.17, 15) is 0 Å². The molecule has 0 saturated carbocycles. The van der Waals surface area contributed by atoms with Crippen LogP contribution in [-0.2, 0) is 5.41 Å². The van der Waals surface area contributed by atoms with Crippen LogP contribution >= 0.6 is 0 Å². The summed E-state index contributed by atoms with van der Waals surface area (Å²) in [5.41, 5.74) is 15.6. The monoisotopic (exact) mass is 691 g/mol. The summed E-state index contributed by atoms with van der Waals surface area (Å²) in [5.74, 6) is 0. The lowest BCUT2D eigenvalue weighted by atomic mass is 9.72. The van der Waals surface area contributed by atoms with Gasteiger partial charge >= 0.3 is 0 Å². The Morgan fingerprint density at radius 2 is 0.907 bits per heavy atom. The van der Waals surface area contributed by atoms with Crippen LogP contribution in [0.25, 0.3) is 66.1 Å². The maximum atomic E-state index is 2.49. The van der Waals surface area contributed by atoms with Gasteiger partial charge in [-0.3, -0.25) is 0 Å². The van der Waals surface area contributed by atoms with Crippen molar-refractivity contribution in [2.75, 3.05) is 4.90 Å². The highest BCUT2D eigenvalue weighted by atomic mass is 15.2. The smallest absolute Gasteiger partial charge is 0.0795 e. The van der Waals surface area contributed by atoms with E-state index in [0.717, 1.165) is 17.1 Å². The van der Waals surface area contributed by atoms with E-state index in [1.165, 1.54) is 77.2 Å². The minimum Gasteiger partial charge on any atom is -0.310 e. The summed E-state index contributed by atoms with van der Waals surface area (Å²) in [6.45, 7) is 4.76. The van der Waals surface area contributed by atoms with Crippen LogP contribution in [0.3, 0.4) is 0 Å². The second kappa shape index (κ2) is 11.6. The first kappa shape index (κ1) is 30.8. The number of fused-ring (bicyclic) bond motifs is 9. The molecule has 11 rings (SSSR count). The molecule has 1 aliphatic rings. The maximum absolute atomic E-state index is 2.49. The van der Waals surface area contributed by atoms with Crippen LogP contribution in [-0.4, -0.2) is 9.13 Å². The fourth-order valence-corrected chi connectivity index (χ4v) is 9.24. The van der Waals surface area contributed by atoms with Gasteiger partial charge in [0.2, 0.25) is 0 Å². The van der Waals surface area contributed by atoms with E-state index in [1.807, 2.05) is 0 Å². The van der Waals surface area contributed by atoms with Gasteiger partial charge in [0.05, 0.1) is 33.4 Å². The molecule has 1 aliphatic heterocycles. The van der Waals surface area contributed by atoms with Crippen molar-refractivity contribution in [3.8, 4) is 22.5 Å². The largest absolute Gasteiger partial charge is 0.310 e. The molecule has 0 amide bonds. The van der Waals surface area contributed by atoms with Gasteiger partial charge in [0, 0.05) is 44.0 Å². The van der Waals surface area contributed by atoms with Crippen molar-refractivity contribution < 1.29 is 0 Å². The van der Waals surface area contributed by atoms with Gasteiger partial charge < -0.3 is 14.0 Å². The Labute approximate surface area is 314 Å². The zero-order chi connectivity index (χ0) is 36.0. The molecule has 54 heavy (non-hydrogen) atoms. The van der Waals surface area contributed by atoms with Crippen LogP contribution in [0, 0.1) is 0 Å². The second-order valence-corrected chi connectivity index (χ2v) is 15.0. The molecule has 0 fully saturated rings. The number of para-hydroxylation sites is 6. The van der Waals surface area contributed by atoms with Crippen LogP contribution in [0.15, 0.2) is 188 Å². The Hall–Kier alpha value is -6.84. The summed E-state index contributed by atoms with van der Waals surface area (Å²) in [6, 6.07) is 68.8. The summed E-state index contributed by atoms with van der Waals surface area (Å²) >= 11 is 0. The lowest BCUT2D eigenvalue weighted by Crippen LogP contribution is -2.30. The van der Waals surface area contributed by atoms with Crippen molar-refractivity contribution in [1.82, 2.24) is 9.13 Å². The molecule has 0 unspecified atom stereocenters. The standard InChI is InChI=1S/C51H37N3/c1-51(2)42-26-14-17-29-46(42)52(35-18-6-3-7-19-35)47-31-30-34(32-43(47)51)40-33-41-38-24-12-15-27-44(38)53(36-20-8-4-9-21-36)49(41)50-48(40)39-25-13-16-28-45(39)54(50)37-22-10-5-11-23-37/h3-33H,1-2H3. The highest BCUT2D eigenvalue weighted by Gasteiger charge is 2.37. The number of rotatable bonds is 4. The maximum Gasteiger partial charge on any atom is 0.0795 e. The SMILES string of the molecule is CC1(C)c2ccccc2N(c2ccccc2)c2ccc(-c3cc4c5ccccc5n(-c5ccccc5)c4c4c3c3ccccc3n4-c3ccccc3)cc21. The number of benzene rings is 8. The van der Waals surface area contributed by atoms with E-state index in [2.05, 4.69) is 216 Å². The quantitative estimate of drug-likeness (QED) is 0.179. The fourth-order valence-electron chi connectivity index (χ4n) is 9.24. The zero-order valence-corrected chi connectivity index (χ0v) is 30.2. The zero-order valence-electron chi connectivity index (χ0n) is 30.2. The third-order valence-electron chi connectivity index (χ3n) is 11.7. The predicted octanol–water partition coefficient (Wildman–Crippen LogP) is 13.7. The third-order valence-corrected chi connectivity index (χ3v) is 11.7. The Kier molecular flexibility index (Phi) is 6.60. The van der Waals surface area contributed by atoms with Crippen LogP contribution in [0.5, 0.6) is 0 Å². The molecule has 0 radical (unpaired) electrons. The molecular formula is C51H37N3. The predicted molar refractivity (Wildman–Crippen MR) is 227 cm³/mol. The van der Waals surface area contributed by atoms with Crippen LogP contribution in [0.4, 0.5) is 17.1 Å². The number of hydrogen-bond donors (Lipinski definition) is 0. The normalized spacial score (nSPS) is 13.5. The molecule has 3 heterocycles. The van der Waals surface area contributed by atoms with Crippen LogP contribution in [0.1, 0.15) is 25.0 Å². The molecule has 0 N–H and O–H groups in total. The van der Waals surface area contributed by atoms with Crippen LogP contribution < -0.4 is 4.90 Å². The van der Waals surface area contributed by atoms with Gasteiger partial charge in [-0.05, 0) is 95.1 Å². The van der Waals surface area contributed by atoms with Gasteiger partial charge in [0.1, 0.15) is 0 Å². The molecule has 0 saturated heterocycles. The molecule has 0 atom stereocenters. The third kappa shape index (κ3) is 4.30. The topological polar surface area (TPSA) is 13.1 Å². The lowest BCUT2D eigenvalue weighted by Gasteiger charge is -2.42. The van der Waals surface area contributed by atoms with Crippen molar-refractivity contribution >= 4 is 60.7 Å². The molecule has 8 aromatic carbocycles. The van der Waals surface area contributed by atoms with Crippen molar-refractivity contribution in [2.24, 2.45) is 0 Å². The highest BCUT2D eigenvalue weighted by Crippen LogP contribution is 2.54. The highest BCUT2D eigenvalue weighted by molar-refractivity contribution is 6.28. The van der Waals surface area contributed by atoms with E-state index in [1.54, 1.807) is 0 Å². The number of anilines is 3. The first-order chi connectivity index (χ1) is 26.6. The number of aromatic nitrogens is 2. The van der Waals surface area contributed by atoms with E-state index in [4.69, 9.17) is 0 Å². The average molecular weight is 692 g/mol. The molecule has 0 aliphatic carbocycles. The van der Waals surface area contributed by atoms with Gasteiger partial charge in [-0.2, -0.15) is 0 Å². The van der Waals surface area contributed by atoms with Gasteiger partial charge in [0.15, 0.2) is 0 Å². The first-order valence-electron chi connectivity index (χ1n) is 18.8. The molecular weight excluding hydrogens is 655 g/mol. The van der Waals surface area contributed by atoms with Crippen molar-refractivity contribution in [3.63, 3.8) is 0 Å². The number of hydrogen-bond acceptors (Lipinski definition) is 1. The average Bonchev–Trinajstić information content (AvgIpc) is 3.75. The Morgan fingerprint density at radius 3 is 1.59 bits per heavy atom. The summed E-state index contributed by atoms with van der Waals surface area (Å²) < 4.78 is 4.96. The summed E-state index contributed by atoms with van der Waals surface area (Å²) in [6.07, 6.45) is 0. The summed E-state index contributed by atoms with van der Waals surface area (Å²) in [7, 11) is 0. The van der Waals surface area contributed by atoms with Gasteiger partial charge in [-0.1, -0.05) is 129 Å². The summed E-state index contributed by atoms with van der Waals surface area (Å²) in [5, 5.41) is 4.99. The molecule has 3 nitrogen and oxygen atoms in total. The minimum absolute atomic E-state index is 0.224. The Bertz CT molecular complexity index is 3060. The molecule has 0 bridgehead atoms. The van der Waals surface area contributed by atoms with Crippen molar-refractivity contribution in [2.45, 2.75) is 19.3 Å². The van der Waals surface area contributed by atoms with Crippen LogP contribution in [0.2, 0.25) is 0 Å². The first-order valence-corrected chi connectivity index (χ1v) is 18.8. The molecule has 256 valence electrons. The molecule has 10 aromatic rings. The van der Waals surface area contributed by atoms with Gasteiger partial charge in [-0.15, -0.1) is 0 Å². The summed E-state index contributed by atoms with van der Waals surface area (Å²) in [4.78, 5) is 2.44. The number of nitrogens with zero attached hydrogens (tertiary/aromatic N) is 3. The van der Waals surface area contributed by atoms with E-state index < -0.39 is 0 Å². The van der Waals surface area contributed by atoms with Gasteiger partial charge in [-0.25, -0.2) is 0 Å². The minimum atomic E-state index is -0.224. The van der Waals surface area contributed by atoms with E-state index in [0.29, 0.717) is 0 Å². The Morgan fingerprint density at radius 1 is 0.389 bits per heavy atom. The van der Waals surface area contributed by atoms with E-state index in [-0.39, 0.29) is 5.41 Å². The second-order valence-electron chi connectivity index (χ2n) is 15.0. The van der Waals surface area contributed by atoms with E-state index >= 15 is 0 Å². The van der Waals surface area contributed by atoms with Crippen molar-refractivity contribution in [3.05, 3.63) is 199 Å². The van der Waals surface area contributed by atoms with Crippen molar-refractivity contribution in [1.29, 1.82) is 0 Å². The van der Waals surface area contributed by atoms with Gasteiger partial charge in [0.25, 0.3) is 0 Å². The molecule has 2 aromatic heterocycles.